The molecule has 5 rings (SSSR count). The van der Waals surface area contributed by atoms with Crippen LogP contribution >= 0.6 is 0 Å². The van der Waals surface area contributed by atoms with E-state index in [1.807, 2.05) is 66.7 Å². The lowest BCUT2D eigenvalue weighted by Crippen LogP contribution is -2.52. The molecule has 0 aliphatic carbocycles. The number of para-hydroxylation sites is 1. The van der Waals surface area contributed by atoms with Crippen LogP contribution in [0.1, 0.15) is 5.69 Å². The number of rotatable bonds is 5. The second-order valence-corrected chi connectivity index (χ2v) is 7.41. The number of carbonyl (C=O) groups is 1. The predicted molar refractivity (Wildman–Crippen MR) is 117 cm³/mol. The minimum atomic E-state index is -0.128. The Bertz CT molecular complexity index is 1170. The number of urea groups is 1. The summed E-state index contributed by atoms with van der Waals surface area (Å²) in [4.78, 5) is 16.5. The van der Waals surface area contributed by atoms with Crippen molar-refractivity contribution >= 4 is 12.0 Å². The van der Waals surface area contributed by atoms with E-state index in [1.54, 1.807) is 9.58 Å². The topological polar surface area (TPSA) is 105 Å². The van der Waals surface area contributed by atoms with Gasteiger partial charge in [-0.05, 0) is 22.6 Å². The first-order chi connectivity index (χ1) is 15.8. The molecule has 4 aromatic rings. The zero-order valence-corrected chi connectivity index (χ0v) is 17.3. The van der Waals surface area contributed by atoms with Gasteiger partial charge in [0.15, 0.2) is 5.76 Å². The molecule has 32 heavy (non-hydrogen) atoms. The number of nitrogens with zero attached hydrogens (tertiary/aromatic N) is 7. The van der Waals surface area contributed by atoms with Gasteiger partial charge in [0.25, 0.3) is 0 Å². The molecule has 0 bridgehead atoms. The third-order valence-corrected chi connectivity index (χ3v) is 5.34. The van der Waals surface area contributed by atoms with Crippen molar-refractivity contribution < 1.29 is 9.32 Å². The summed E-state index contributed by atoms with van der Waals surface area (Å²) < 4.78 is 7.10. The fourth-order valence-corrected chi connectivity index (χ4v) is 3.64. The van der Waals surface area contributed by atoms with Crippen molar-refractivity contribution in [2.75, 3.05) is 31.1 Å². The molecule has 1 saturated heterocycles. The minimum Gasteiger partial charge on any atom is -0.356 e. The summed E-state index contributed by atoms with van der Waals surface area (Å²) in [7, 11) is 0. The lowest BCUT2D eigenvalue weighted by Gasteiger charge is -2.34. The number of carbonyl (C=O) groups excluding carboxylic acids is 1. The monoisotopic (exact) mass is 430 g/mol. The third-order valence-electron chi connectivity index (χ3n) is 5.34. The Balaban J connectivity index is 1.15. The van der Waals surface area contributed by atoms with Gasteiger partial charge in [0.2, 0.25) is 5.95 Å². The van der Waals surface area contributed by atoms with Gasteiger partial charge in [0.05, 0.1) is 12.2 Å². The van der Waals surface area contributed by atoms with Gasteiger partial charge in [-0.25, -0.2) is 4.79 Å². The van der Waals surface area contributed by atoms with Gasteiger partial charge in [-0.2, -0.15) is 4.68 Å². The van der Waals surface area contributed by atoms with Crippen LogP contribution in [0.5, 0.6) is 0 Å². The maximum absolute atomic E-state index is 12.6. The van der Waals surface area contributed by atoms with Crippen LogP contribution in [0.25, 0.3) is 17.0 Å². The molecule has 0 atom stereocenters. The van der Waals surface area contributed by atoms with E-state index in [1.165, 1.54) is 0 Å². The van der Waals surface area contributed by atoms with Crippen molar-refractivity contribution in [2.45, 2.75) is 6.54 Å². The van der Waals surface area contributed by atoms with Crippen LogP contribution in [0.3, 0.4) is 0 Å². The van der Waals surface area contributed by atoms with Crippen LogP contribution in [0.2, 0.25) is 0 Å². The summed E-state index contributed by atoms with van der Waals surface area (Å²) >= 11 is 0. The molecule has 1 N–H and O–H groups in total. The lowest BCUT2D eigenvalue weighted by atomic mass is 10.2. The molecule has 2 amide bonds. The van der Waals surface area contributed by atoms with Crippen LogP contribution in [0.4, 0.5) is 10.7 Å². The molecule has 10 heteroatoms. The highest BCUT2D eigenvalue weighted by atomic mass is 16.5. The number of anilines is 1. The molecule has 162 valence electrons. The van der Waals surface area contributed by atoms with E-state index in [0.717, 1.165) is 11.3 Å². The Morgan fingerprint density at radius 2 is 1.69 bits per heavy atom. The molecule has 1 aliphatic rings. The highest BCUT2D eigenvalue weighted by Gasteiger charge is 2.25. The van der Waals surface area contributed by atoms with Gasteiger partial charge in [-0.3, -0.25) is 0 Å². The smallest absolute Gasteiger partial charge is 0.317 e. The second kappa shape index (κ2) is 8.88. The average molecular weight is 430 g/mol. The standard InChI is InChI=1S/C22H22N8O2/c31-22(23-16-18-15-20(32-25-18)17-7-3-1-4-8-17)29-13-11-28(12-14-29)21-24-26-27-30(21)19-9-5-2-6-10-19/h1-10,15H,11-14,16H2,(H,23,31). The van der Waals surface area contributed by atoms with Gasteiger partial charge in [-0.1, -0.05) is 58.8 Å². The molecule has 0 saturated carbocycles. The SMILES string of the molecule is O=C(NCc1cc(-c2ccccc2)on1)N1CCN(c2nnnn2-c2ccccc2)CC1. The van der Waals surface area contributed by atoms with E-state index in [9.17, 15) is 4.79 Å². The van der Waals surface area contributed by atoms with Gasteiger partial charge in [0, 0.05) is 37.8 Å². The second-order valence-electron chi connectivity index (χ2n) is 7.41. The Kier molecular flexibility index (Phi) is 5.48. The van der Waals surface area contributed by atoms with Crippen molar-refractivity contribution in [1.29, 1.82) is 0 Å². The number of piperazine rings is 1. The Morgan fingerprint density at radius 3 is 2.44 bits per heavy atom. The summed E-state index contributed by atoms with van der Waals surface area (Å²) in [6.45, 7) is 2.73. The fourth-order valence-electron chi connectivity index (χ4n) is 3.64. The molecule has 3 heterocycles. The highest BCUT2D eigenvalue weighted by Crippen LogP contribution is 2.20. The molecule has 0 unspecified atom stereocenters. The van der Waals surface area contributed by atoms with Crippen LogP contribution in [-0.4, -0.2) is 62.5 Å². The summed E-state index contributed by atoms with van der Waals surface area (Å²) in [5, 5.41) is 19.1. The molecular formula is C22H22N8O2. The Hall–Kier alpha value is -4.21. The normalized spacial score (nSPS) is 13.9. The number of nitrogens with one attached hydrogen (secondary N) is 1. The minimum absolute atomic E-state index is 0.128. The molecule has 1 aliphatic heterocycles. The molecule has 2 aromatic heterocycles. The first kappa shape index (κ1) is 19.7. The number of hydrogen-bond donors (Lipinski definition) is 1. The van der Waals surface area contributed by atoms with E-state index in [0.29, 0.717) is 50.1 Å². The number of amides is 2. The molecule has 2 aromatic carbocycles. The number of hydrogen-bond acceptors (Lipinski definition) is 7. The first-order valence-corrected chi connectivity index (χ1v) is 10.4. The molecule has 0 radical (unpaired) electrons. The van der Waals surface area contributed by atoms with E-state index in [4.69, 9.17) is 4.52 Å². The van der Waals surface area contributed by atoms with E-state index < -0.39 is 0 Å². The summed E-state index contributed by atoms with van der Waals surface area (Å²) in [5.41, 5.74) is 2.53. The zero-order valence-electron chi connectivity index (χ0n) is 17.3. The number of benzene rings is 2. The maximum atomic E-state index is 12.6. The summed E-state index contributed by atoms with van der Waals surface area (Å²) in [5.74, 6) is 1.35. The lowest BCUT2D eigenvalue weighted by molar-refractivity contribution is 0.193. The molecule has 0 spiro atoms. The molecular weight excluding hydrogens is 408 g/mol. The largest absolute Gasteiger partial charge is 0.356 e. The fraction of sp³-hybridized carbons (Fsp3) is 0.227. The van der Waals surface area contributed by atoms with Crippen molar-refractivity contribution in [3.8, 4) is 17.0 Å². The van der Waals surface area contributed by atoms with Crippen molar-refractivity contribution in [2.24, 2.45) is 0 Å². The van der Waals surface area contributed by atoms with Crippen LogP contribution in [-0.2, 0) is 6.54 Å². The van der Waals surface area contributed by atoms with Gasteiger partial charge in [0.1, 0.15) is 5.69 Å². The predicted octanol–water partition coefficient (Wildman–Crippen LogP) is 2.35. The van der Waals surface area contributed by atoms with Crippen LogP contribution < -0.4 is 10.2 Å². The van der Waals surface area contributed by atoms with Crippen molar-refractivity contribution in [1.82, 2.24) is 35.6 Å². The average Bonchev–Trinajstić information content (AvgIpc) is 3.54. The third kappa shape index (κ3) is 4.15. The first-order valence-electron chi connectivity index (χ1n) is 10.4. The van der Waals surface area contributed by atoms with E-state index in [2.05, 4.69) is 30.9 Å². The summed E-state index contributed by atoms with van der Waals surface area (Å²) in [6.07, 6.45) is 0. The zero-order chi connectivity index (χ0) is 21.8. The van der Waals surface area contributed by atoms with Crippen molar-refractivity contribution in [3.63, 3.8) is 0 Å². The molecule has 10 nitrogen and oxygen atoms in total. The van der Waals surface area contributed by atoms with E-state index in [-0.39, 0.29) is 6.03 Å². The van der Waals surface area contributed by atoms with Gasteiger partial charge in [-0.15, -0.1) is 0 Å². The number of aromatic nitrogens is 5. The maximum Gasteiger partial charge on any atom is 0.317 e. The van der Waals surface area contributed by atoms with Crippen LogP contribution in [0, 0.1) is 0 Å². The molecule has 1 fully saturated rings. The Morgan fingerprint density at radius 1 is 0.969 bits per heavy atom. The van der Waals surface area contributed by atoms with Crippen LogP contribution in [0.15, 0.2) is 71.3 Å². The van der Waals surface area contributed by atoms with Gasteiger partial charge < -0.3 is 19.6 Å². The van der Waals surface area contributed by atoms with Crippen molar-refractivity contribution in [3.05, 3.63) is 72.4 Å². The quantitative estimate of drug-likeness (QED) is 0.518. The van der Waals surface area contributed by atoms with E-state index >= 15 is 0 Å². The van der Waals surface area contributed by atoms with Gasteiger partial charge >= 0.3 is 6.03 Å². The summed E-state index contributed by atoms with van der Waals surface area (Å²) in [6, 6.07) is 21.2. The number of tetrazole rings is 1. The highest BCUT2D eigenvalue weighted by molar-refractivity contribution is 5.74. The Labute approximate surface area is 184 Å².